The minimum absolute atomic E-state index is 0. The van der Waals surface area contributed by atoms with E-state index in [2.05, 4.69) is 24.7 Å². The van der Waals surface area contributed by atoms with Crippen molar-refractivity contribution in [2.24, 2.45) is 5.73 Å². The number of nitrogens with one attached hydrogen (secondary N) is 1. The summed E-state index contributed by atoms with van der Waals surface area (Å²) in [4.78, 5) is 11.1. The van der Waals surface area contributed by atoms with Gasteiger partial charge in [-0.2, -0.15) is 0 Å². The SMILES string of the molecule is COC(=O)CCCCCOc1ccc(-c2ccc(C(=N)N)cc2)c(C)c1C.Cl. The topological polar surface area (TPSA) is 85.4 Å². The van der Waals surface area contributed by atoms with Gasteiger partial charge in [-0.3, -0.25) is 10.2 Å². The molecule has 2 aromatic carbocycles. The summed E-state index contributed by atoms with van der Waals surface area (Å²) in [5.41, 5.74) is 10.8. The number of esters is 1. The van der Waals surface area contributed by atoms with Crippen molar-refractivity contribution in [2.45, 2.75) is 39.5 Å². The Morgan fingerprint density at radius 3 is 2.29 bits per heavy atom. The van der Waals surface area contributed by atoms with E-state index in [4.69, 9.17) is 15.9 Å². The monoisotopic (exact) mass is 404 g/mol. The molecule has 2 aromatic rings. The number of halogens is 1. The molecule has 0 aromatic heterocycles. The third-order valence-electron chi connectivity index (χ3n) is 4.75. The Hall–Kier alpha value is -2.53. The second kappa shape index (κ2) is 11.3. The van der Waals surface area contributed by atoms with Gasteiger partial charge in [-0.05, 0) is 61.4 Å². The molecular formula is C22H29ClN2O3. The van der Waals surface area contributed by atoms with Gasteiger partial charge >= 0.3 is 5.97 Å². The summed E-state index contributed by atoms with van der Waals surface area (Å²) < 4.78 is 10.6. The molecule has 28 heavy (non-hydrogen) atoms. The van der Waals surface area contributed by atoms with Crippen LogP contribution >= 0.6 is 12.4 Å². The minimum atomic E-state index is -0.158. The highest BCUT2D eigenvalue weighted by Crippen LogP contribution is 2.31. The van der Waals surface area contributed by atoms with E-state index in [1.54, 1.807) is 0 Å². The summed E-state index contributed by atoms with van der Waals surface area (Å²) in [6.45, 7) is 4.79. The molecule has 2 rings (SSSR count). The number of unbranched alkanes of at least 4 members (excludes halogenated alkanes) is 2. The molecular weight excluding hydrogens is 376 g/mol. The van der Waals surface area contributed by atoms with Crippen LogP contribution in [0.25, 0.3) is 11.1 Å². The number of hydrogen-bond donors (Lipinski definition) is 2. The molecule has 0 aliphatic carbocycles. The number of carbonyl (C=O) groups is 1. The van der Waals surface area contributed by atoms with E-state index < -0.39 is 0 Å². The third-order valence-corrected chi connectivity index (χ3v) is 4.75. The lowest BCUT2D eigenvalue weighted by Crippen LogP contribution is -2.10. The number of nitrogens with two attached hydrogens (primary N) is 1. The first-order valence-electron chi connectivity index (χ1n) is 9.18. The normalized spacial score (nSPS) is 10.1. The van der Waals surface area contributed by atoms with Crippen molar-refractivity contribution >= 4 is 24.2 Å². The molecule has 6 heteroatoms. The minimum Gasteiger partial charge on any atom is -0.493 e. The largest absolute Gasteiger partial charge is 0.493 e. The van der Waals surface area contributed by atoms with E-state index in [-0.39, 0.29) is 24.2 Å². The second-order valence-corrected chi connectivity index (χ2v) is 6.59. The second-order valence-electron chi connectivity index (χ2n) is 6.59. The molecule has 152 valence electrons. The zero-order chi connectivity index (χ0) is 19.8. The Morgan fingerprint density at radius 1 is 1.00 bits per heavy atom. The molecule has 0 saturated carbocycles. The van der Waals surface area contributed by atoms with Gasteiger partial charge in [0, 0.05) is 12.0 Å². The lowest BCUT2D eigenvalue weighted by atomic mass is 9.95. The van der Waals surface area contributed by atoms with Gasteiger partial charge in [0.25, 0.3) is 0 Å². The fourth-order valence-corrected chi connectivity index (χ4v) is 2.93. The maximum absolute atomic E-state index is 11.1. The molecule has 0 aliphatic rings. The van der Waals surface area contributed by atoms with E-state index in [0.717, 1.165) is 47.3 Å². The number of ether oxygens (including phenoxy) is 2. The van der Waals surface area contributed by atoms with Gasteiger partial charge < -0.3 is 15.2 Å². The molecule has 0 fully saturated rings. The molecule has 5 nitrogen and oxygen atoms in total. The number of methoxy groups -OCH3 is 1. The summed E-state index contributed by atoms with van der Waals surface area (Å²) in [5.74, 6) is 0.809. The summed E-state index contributed by atoms with van der Waals surface area (Å²) >= 11 is 0. The Bertz CT molecular complexity index is 804. The third kappa shape index (κ3) is 6.27. The van der Waals surface area contributed by atoms with Gasteiger partial charge in [-0.15, -0.1) is 12.4 Å². The van der Waals surface area contributed by atoms with E-state index >= 15 is 0 Å². The Kier molecular flexibility index (Phi) is 9.52. The van der Waals surface area contributed by atoms with Crippen LogP contribution in [0.5, 0.6) is 5.75 Å². The predicted octanol–water partition coefficient (Wildman–Crippen LogP) is 4.79. The molecule has 0 amide bonds. The average molecular weight is 405 g/mol. The zero-order valence-corrected chi connectivity index (χ0v) is 17.5. The van der Waals surface area contributed by atoms with Gasteiger partial charge in [0.2, 0.25) is 0 Å². The van der Waals surface area contributed by atoms with Crippen LogP contribution in [0.3, 0.4) is 0 Å². The lowest BCUT2D eigenvalue weighted by molar-refractivity contribution is -0.140. The fourth-order valence-electron chi connectivity index (χ4n) is 2.93. The number of hydrogen-bond acceptors (Lipinski definition) is 4. The average Bonchev–Trinajstić information content (AvgIpc) is 2.67. The van der Waals surface area contributed by atoms with Crippen LogP contribution in [0.2, 0.25) is 0 Å². The van der Waals surface area contributed by atoms with Crippen LogP contribution in [-0.4, -0.2) is 25.5 Å². The molecule has 0 bridgehead atoms. The molecule has 3 N–H and O–H groups in total. The molecule has 0 spiro atoms. The highest BCUT2D eigenvalue weighted by atomic mass is 35.5. The maximum atomic E-state index is 11.1. The van der Waals surface area contributed by atoms with Crippen molar-refractivity contribution in [3.63, 3.8) is 0 Å². The quantitative estimate of drug-likeness (QED) is 0.272. The standard InChI is InChI=1S/C22H28N2O3.ClH/c1-15-16(2)20(27-14-6-4-5-7-21(25)26-3)13-12-19(15)17-8-10-18(11-9-17)22(23)24;/h8-13H,4-7,14H2,1-3H3,(H3,23,24);1H. The summed E-state index contributed by atoms with van der Waals surface area (Å²) in [7, 11) is 1.41. The van der Waals surface area contributed by atoms with Crippen LogP contribution in [0, 0.1) is 19.3 Å². The molecule has 0 atom stereocenters. The Labute approximate surface area is 173 Å². The summed E-state index contributed by atoms with van der Waals surface area (Å²) in [5, 5.41) is 7.49. The van der Waals surface area contributed by atoms with Crippen molar-refractivity contribution in [3.05, 3.63) is 53.1 Å². The smallest absolute Gasteiger partial charge is 0.305 e. The van der Waals surface area contributed by atoms with Gasteiger partial charge in [-0.25, -0.2) is 0 Å². The molecule has 0 heterocycles. The molecule has 0 radical (unpaired) electrons. The van der Waals surface area contributed by atoms with Crippen molar-refractivity contribution in [2.75, 3.05) is 13.7 Å². The van der Waals surface area contributed by atoms with Crippen molar-refractivity contribution < 1.29 is 14.3 Å². The summed E-state index contributed by atoms with van der Waals surface area (Å²) in [6, 6.07) is 11.8. The number of rotatable bonds is 9. The first kappa shape index (κ1) is 23.5. The van der Waals surface area contributed by atoms with Crippen LogP contribution in [-0.2, 0) is 9.53 Å². The number of benzene rings is 2. The van der Waals surface area contributed by atoms with Gasteiger partial charge in [-0.1, -0.05) is 30.3 Å². The number of amidine groups is 1. The highest BCUT2D eigenvalue weighted by molar-refractivity contribution is 5.95. The molecule has 0 saturated heterocycles. The molecule has 0 aliphatic heterocycles. The van der Waals surface area contributed by atoms with Gasteiger partial charge in [0.1, 0.15) is 11.6 Å². The fraction of sp³-hybridized carbons (Fsp3) is 0.364. The lowest BCUT2D eigenvalue weighted by Gasteiger charge is -2.15. The van der Waals surface area contributed by atoms with Gasteiger partial charge in [0.15, 0.2) is 0 Å². The van der Waals surface area contributed by atoms with E-state index in [9.17, 15) is 4.79 Å². The van der Waals surface area contributed by atoms with Crippen molar-refractivity contribution in [1.82, 2.24) is 0 Å². The highest BCUT2D eigenvalue weighted by Gasteiger charge is 2.10. The Morgan fingerprint density at radius 2 is 1.68 bits per heavy atom. The van der Waals surface area contributed by atoms with Crippen LogP contribution in [0.1, 0.15) is 42.4 Å². The van der Waals surface area contributed by atoms with Crippen LogP contribution in [0.4, 0.5) is 0 Å². The number of carbonyl (C=O) groups excluding carboxylic acids is 1. The van der Waals surface area contributed by atoms with E-state index in [0.29, 0.717) is 13.0 Å². The maximum Gasteiger partial charge on any atom is 0.305 e. The summed E-state index contributed by atoms with van der Waals surface area (Å²) in [6.07, 6.45) is 3.13. The van der Waals surface area contributed by atoms with E-state index in [1.165, 1.54) is 12.7 Å². The van der Waals surface area contributed by atoms with Crippen molar-refractivity contribution in [1.29, 1.82) is 5.41 Å². The van der Waals surface area contributed by atoms with Crippen molar-refractivity contribution in [3.8, 4) is 16.9 Å². The molecule has 0 unspecified atom stereocenters. The van der Waals surface area contributed by atoms with Gasteiger partial charge in [0.05, 0.1) is 13.7 Å². The number of nitrogen functional groups attached to an aromatic ring is 1. The van der Waals surface area contributed by atoms with Crippen LogP contribution < -0.4 is 10.5 Å². The predicted molar refractivity (Wildman–Crippen MR) is 116 cm³/mol. The first-order valence-corrected chi connectivity index (χ1v) is 9.18. The van der Waals surface area contributed by atoms with E-state index in [1.807, 2.05) is 30.3 Å². The zero-order valence-electron chi connectivity index (χ0n) is 16.7. The van der Waals surface area contributed by atoms with Crippen LogP contribution in [0.15, 0.2) is 36.4 Å². The first-order chi connectivity index (χ1) is 12.9. The Balaban J connectivity index is 0.00000392.